The van der Waals surface area contributed by atoms with E-state index in [1.54, 1.807) is 13.8 Å². The van der Waals surface area contributed by atoms with Crippen LogP contribution in [0.25, 0.3) is 0 Å². The minimum absolute atomic E-state index is 0. The fourth-order valence-corrected chi connectivity index (χ4v) is 3.23. The van der Waals surface area contributed by atoms with Crippen LogP contribution in [0, 0.1) is 5.92 Å². The van der Waals surface area contributed by atoms with Crippen LogP contribution in [0.3, 0.4) is 0 Å². The van der Waals surface area contributed by atoms with Gasteiger partial charge in [0.05, 0.1) is 0 Å². The molecule has 0 unspecified atom stereocenters. The average molecular weight is 466 g/mol. The molecule has 0 aliphatic heterocycles. The molecule has 2 N–H and O–H groups in total. The number of hydrogen-bond acceptors (Lipinski definition) is 4. The van der Waals surface area contributed by atoms with Crippen molar-refractivity contribution in [3.05, 3.63) is 0 Å². The van der Waals surface area contributed by atoms with Crippen molar-refractivity contribution in [2.75, 3.05) is 0 Å². The maximum absolute atomic E-state index is 11.6. The summed E-state index contributed by atoms with van der Waals surface area (Å²) >= 11 is 0. The van der Waals surface area contributed by atoms with Crippen molar-refractivity contribution in [2.45, 2.75) is 136 Å². The van der Waals surface area contributed by atoms with Gasteiger partial charge in [-0.05, 0) is 25.2 Å². The fraction of sp³-hybridized carbons (Fsp3) is 0.880. The topological polar surface area (TPSA) is 107 Å². The summed E-state index contributed by atoms with van der Waals surface area (Å²) in [6.45, 7) is 7.98. The van der Waals surface area contributed by atoms with Gasteiger partial charge < -0.3 is 20.3 Å². The molecule has 184 valence electrons. The number of carboxylic acid groups (broad SMARTS) is 2. The van der Waals surface area contributed by atoms with E-state index in [2.05, 4.69) is 19.2 Å². The molecule has 1 atom stereocenters. The second-order valence-corrected chi connectivity index (χ2v) is 8.74. The van der Waals surface area contributed by atoms with Crippen LogP contribution in [0.4, 0.5) is 0 Å². The number of hydrogen-bond donors (Lipinski definition) is 2. The summed E-state index contributed by atoms with van der Waals surface area (Å²) in [6.07, 6.45) is 16.9. The van der Waals surface area contributed by atoms with E-state index in [0.29, 0.717) is 6.42 Å². The molecule has 0 aromatic rings. The number of rotatable bonds is 19. The van der Waals surface area contributed by atoms with Crippen LogP contribution < -0.4 is 40.0 Å². The van der Waals surface area contributed by atoms with Gasteiger partial charge in [-0.25, -0.2) is 4.79 Å². The van der Waals surface area contributed by atoms with E-state index >= 15 is 0 Å². The predicted molar refractivity (Wildman–Crippen MR) is 125 cm³/mol. The first-order chi connectivity index (χ1) is 14.8. The molecule has 0 aromatic carbocycles. The normalized spacial score (nSPS) is 11.2. The van der Waals surface area contributed by atoms with E-state index < -0.39 is 18.0 Å². The molecule has 32 heavy (non-hydrogen) atoms. The van der Waals surface area contributed by atoms with Crippen molar-refractivity contribution in [2.24, 2.45) is 5.92 Å². The number of nitrogens with one attached hydrogen (secondary N) is 1. The van der Waals surface area contributed by atoms with E-state index in [1.165, 1.54) is 64.2 Å². The van der Waals surface area contributed by atoms with E-state index in [0.717, 1.165) is 25.7 Å². The fourth-order valence-electron chi connectivity index (χ4n) is 3.23. The number of aliphatic carboxylic acids is 2. The Kier molecular flexibility index (Phi) is 30.0. The summed E-state index contributed by atoms with van der Waals surface area (Å²) in [5.74, 6) is -2.10. The molecule has 0 aliphatic carbocycles. The molecule has 0 heterocycles. The Morgan fingerprint density at radius 3 is 1.44 bits per heavy atom. The van der Waals surface area contributed by atoms with Crippen LogP contribution in [0.15, 0.2) is 0 Å². The minimum atomic E-state index is -0.956. The first-order valence-corrected chi connectivity index (χ1v) is 12.5. The van der Waals surface area contributed by atoms with Crippen molar-refractivity contribution in [3.63, 3.8) is 0 Å². The van der Waals surface area contributed by atoms with Gasteiger partial charge in [-0.3, -0.25) is 4.79 Å². The zero-order valence-corrected chi connectivity index (χ0v) is 23.5. The monoisotopic (exact) mass is 465 g/mol. The van der Waals surface area contributed by atoms with Crippen LogP contribution in [-0.2, 0) is 14.4 Å². The summed E-state index contributed by atoms with van der Waals surface area (Å²) < 4.78 is 0. The van der Waals surface area contributed by atoms with Crippen molar-refractivity contribution in [1.29, 1.82) is 0 Å². The molecule has 0 aliphatic rings. The van der Waals surface area contributed by atoms with Crippen molar-refractivity contribution in [1.82, 2.24) is 5.32 Å². The van der Waals surface area contributed by atoms with E-state index in [-0.39, 0.29) is 47.8 Å². The minimum Gasteiger partial charge on any atom is -0.550 e. The summed E-state index contributed by atoms with van der Waals surface area (Å²) in [4.78, 5) is 32.6. The molecule has 0 aromatic heterocycles. The van der Waals surface area contributed by atoms with Crippen LogP contribution in [0.1, 0.15) is 130 Å². The zero-order chi connectivity index (χ0) is 23.9. The van der Waals surface area contributed by atoms with E-state index in [1.807, 2.05) is 0 Å². The molecule has 0 spiro atoms. The van der Waals surface area contributed by atoms with Crippen molar-refractivity contribution < 1.29 is 54.2 Å². The van der Waals surface area contributed by atoms with Gasteiger partial charge in [0.25, 0.3) is 0 Å². The van der Waals surface area contributed by atoms with Gasteiger partial charge in [-0.15, -0.1) is 0 Å². The van der Waals surface area contributed by atoms with Gasteiger partial charge in [0.1, 0.15) is 6.04 Å². The Hall–Kier alpha value is -0.590. The van der Waals surface area contributed by atoms with E-state index in [9.17, 15) is 19.5 Å². The van der Waals surface area contributed by atoms with Gasteiger partial charge in [-0.2, -0.15) is 0 Å². The van der Waals surface area contributed by atoms with Crippen molar-refractivity contribution in [3.8, 4) is 0 Å². The molecule has 0 radical (unpaired) electrons. The van der Waals surface area contributed by atoms with Gasteiger partial charge in [0.15, 0.2) is 0 Å². The van der Waals surface area contributed by atoms with Crippen LogP contribution >= 0.6 is 0 Å². The molecular formula is C25H48NNaO5. The Morgan fingerprint density at radius 1 is 0.719 bits per heavy atom. The van der Waals surface area contributed by atoms with Gasteiger partial charge in [0, 0.05) is 12.4 Å². The largest absolute Gasteiger partial charge is 1.00 e. The van der Waals surface area contributed by atoms with Gasteiger partial charge in [-0.1, -0.05) is 105 Å². The second kappa shape index (κ2) is 26.7. The number of carbonyl (C=O) groups is 3. The first-order valence-electron chi connectivity index (χ1n) is 12.5. The third-order valence-electron chi connectivity index (χ3n) is 5.24. The van der Waals surface area contributed by atoms with E-state index in [4.69, 9.17) is 5.11 Å². The maximum atomic E-state index is 11.6. The Bertz CT molecular complexity index is 458. The van der Waals surface area contributed by atoms with Crippen molar-refractivity contribution >= 4 is 17.8 Å². The number of carbonyl (C=O) groups excluding carboxylic acids is 2. The summed E-state index contributed by atoms with van der Waals surface area (Å²) in [5.41, 5.74) is 0. The third kappa shape index (κ3) is 27.4. The SMILES string of the molecule is CCCCCCCCCC(=O)N[C@H](C(=O)O)C(C)C.CCCCCCCCCC(=O)[O-].[Na+]. The Balaban J connectivity index is -0.000000561. The number of carboxylic acids is 2. The van der Waals surface area contributed by atoms with Gasteiger partial charge in [0.2, 0.25) is 5.91 Å². The quantitative estimate of drug-likeness (QED) is 0.225. The molecule has 6 nitrogen and oxygen atoms in total. The van der Waals surface area contributed by atoms with Gasteiger partial charge >= 0.3 is 35.5 Å². The Morgan fingerprint density at radius 2 is 1.09 bits per heavy atom. The zero-order valence-electron chi connectivity index (χ0n) is 21.5. The van der Waals surface area contributed by atoms with Crippen LogP contribution in [0.2, 0.25) is 0 Å². The molecule has 0 saturated heterocycles. The summed E-state index contributed by atoms with van der Waals surface area (Å²) in [7, 11) is 0. The molecule has 0 fully saturated rings. The average Bonchev–Trinajstić information content (AvgIpc) is 2.70. The molecule has 7 heteroatoms. The molecular weight excluding hydrogens is 417 g/mol. The third-order valence-corrected chi connectivity index (χ3v) is 5.24. The second-order valence-electron chi connectivity index (χ2n) is 8.74. The Labute approximate surface area is 219 Å². The number of amides is 1. The molecule has 0 rings (SSSR count). The number of unbranched alkanes of at least 4 members (excludes halogenated alkanes) is 12. The molecule has 0 bridgehead atoms. The standard InChI is InChI=1S/C15H29NO3.C10H20O2.Na/c1-4-5-6-7-8-9-10-11-13(17)16-14(12(2)3)15(18)19;1-2-3-4-5-6-7-8-9-10(11)12;/h12,14H,4-11H2,1-3H3,(H,16,17)(H,18,19);2-9H2,1H3,(H,11,12);/q;;+1/p-1/t14-;;/m0../s1. The summed E-state index contributed by atoms with van der Waals surface area (Å²) in [5, 5.41) is 21.6. The predicted octanol–water partition coefficient (Wildman–Crippen LogP) is 2.23. The van der Waals surface area contributed by atoms with Crippen LogP contribution in [-0.4, -0.2) is 29.0 Å². The smallest absolute Gasteiger partial charge is 0.550 e. The molecule has 0 saturated carbocycles. The first kappa shape index (κ1) is 36.0. The van der Waals surface area contributed by atoms with Crippen LogP contribution in [0.5, 0.6) is 0 Å². The molecule has 1 amide bonds. The summed E-state index contributed by atoms with van der Waals surface area (Å²) in [6, 6.07) is -0.767. The maximum Gasteiger partial charge on any atom is 1.00 e.